The highest BCUT2D eigenvalue weighted by atomic mass is 16.5. The first-order valence-electron chi connectivity index (χ1n) is 8.63. The Morgan fingerprint density at radius 3 is 2.54 bits per heavy atom. The van der Waals surface area contributed by atoms with Gasteiger partial charge in [0.25, 0.3) is 0 Å². The van der Waals surface area contributed by atoms with Gasteiger partial charge in [-0.1, -0.05) is 43.3 Å². The van der Waals surface area contributed by atoms with Crippen LogP contribution < -0.4 is 10.1 Å². The predicted molar refractivity (Wildman–Crippen MR) is 103 cm³/mol. The molecule has 0 aliphatic heterocycles. The summed E-state index contributed by atoms with van der Waals surface area (Å²) in [7, 11) is 0. The van der Waals surface area contributed by atoms with Crippen molar-refractivity contribution in [2.75, 3.05) is 11.9 Å². The third-order valence-electron chi connectivity index (χ3n) is 4.44. The van der Waals surface area contributed by atoms with Crippen molar-refractivity contribution >= 4 is 16.5 Å². The Kier molecular flexibility index (Phi) is 5.05. The van der Waals surface area contributed by atoms with Crippen molar-refractivity contribution in [3.8, 4) is 5.75 Å². The van der Waals surface area contributed by atoms with Crippen LogP contribution in [-0.2, 0) is 6.54 Å². The van der Waals surface area contributed by atoms with Crippen molar-refractivity contribution in [1.82, 2.24) is 0 Å². The lowest BCUT2D eigenvalue weighted by atomic mass is 10.0. The van der Waals surface area contributed by atoms with Gasteiger partial charge in [-0.05, 0) is 60.4 Å². The fraction of sp³-hybridized carbons (Fsp3) is 0.273. The number of anilines is 1. The minimum Gasteiger partial charge on any atom is -0.493 e. The summed E-state index contributed by atoms with van der Waals surface area (Å²) in [6.45, 7) is 7.92. The topological polar surface area (TPSA) is 21.3 Å². The Morgan fingerprint density at radius 1 is 0.917 bits per heavy atom. The Labute approximate surface area is 144 Å². The zero-order chi connectivity index (χ0) is 16.9. The van der Waals surface area contributed by atoms with Gasteiger partial charge in [0.05, 0.1) is 6.61 Å². The van der Waals surface area contributed by atoms with E-state index >= 15 is 0 Å². The van der Waals surface area contributed by atoms with E-state index in [1.54, 1.807) is 0 Å². The Morgan fingerprint density at radius 2 is 1.75 bits per heavy atom. The molecule has 0 spiro atoms. The molecule has 0 heterocycles. The molecule has 24 heavy (non-hydrogen) atoms. The molecule has 2 heteroatoms. The highest BCUT2D eigenvalue weighted by Gasteiger charge is 2.09. The lowest BCUT2D eigenvalue weighted by Crippen LogP contribution is -2.05. The summed E-state index contributed by atoms with van der Waals surface area (Å²) in [6.07, 6.45) is 1.01. The number of hydrogen-bond donors (Lipinski definition) is 1. The molecule has 0 saturated carbocycles. The van der Waals surface area contributed by atoms with Crippen molar-refractivity contribution < 1.29 is 4.74 Å². The van der Waals surface area contributed by atoms with Gasteiger partial charge in [-0.2, -0.15) is 0 Å². The minimum atomic E-state index is 0.745. The highest BCUT2D eigenvalue weighted by molar-refractivity contribution is 5.88. The van der Waals surface area contributed by atoms with Crippen molar-refractivity contribution in [3.05, 3.63) is 71.3 Å². The van der Waals surface area contributed by atoms with E-state index in [0.29, 0.717) is 0 Å². The molecule has 0 amide bonds. The standard InChI is InChI=1S/C22H25NO/c1-4-13-24-22-12-10-18-7-5-6-8-20(18)21(22)15-23-19-11-9-16(2)17(3)14-19/h5-12,14,23H,4,13,15H2,1-3H3. The number of hydrogen-bond acceptors (Lipinski definition) is 2. The molecular weight excluding hydrogens is 294 g/mol. The zero-order valence-electron chi connectivity index (χ0n) is 14.7. The summed E-state index contributed by atoms with van der Waals surface area (Å²) in [6, 6.07) is 19.2. The molecule has 0 atom stereocenters. The fourth-order valence-corrected chi connectivity index (χ4v) is 2.89. The number of fused-ring (bicyclic) bond motifs is 1. The van der Waals surface area contributed by atoms with E-state index in [-0.39, 0.29) is 0 Å². The molecule has 0 saturated heterocycles. The van der Waals surface area contributed by atoms with E-state index in [4.69, 9.17) is 4.74 Å². The summed E-state index contributed by atoms with van der Waals surface area (Å²) in [5.41, 5.74) is 4.99. The van der Waals surface area contributed by atoms with E-state index in [9.17, 15) is 0 Å². The van der Waals surface area contributed by atoms with Crippen LogP contribution in [0.4, 0.5) is 5.69 Å². The largest absolute Gasteiger partial charge is 0.493 e. The number of aryl methyl sites for hydroxylation is 2. The Hall–Kier alpha value is -2.48. The van der Waals surface area contributed by atoms with Gasteiger partial charge >= 0.3 is 0 Å². The van der Waals surface area contributed by atoms with E-state index in [1.165, 1.54) is 27.5 Å². The average Bonchev–Trinajstić information content (AvgIpc) is 2.61. The molecule has 0 radical (unpaired) electrons. The molecule has 124 valence electrons. The van der Waals surface area contributed by atoms with Gasteiger partial charge in [-0.25, -0.2) is 0 Å². The van der Waals surface area contributed by atoms with Crippen LogP contribution in [0.15, 0.2) is 54.6 Å². The Balaban J connectivity index is 1.91. The molecule has 3 aromatic rings. The van der Waals surface area contributed by atoms with E-state index in [1.807, 2.05) is 0 Å². The van der Waals surface area contributed by atoms with Crippen LogP contribution in [0, 0.1) is 13.8 Å². The molecule has 3 aromatic carbocycles. The lowest BCUT2D eigenvalue weighted by Gasteiger charge is -2.16. The van der Waals surface area contributed by atoms with Crippen LogP contribution in [0.2, 0.25) is 0 Å². The average molecular weight is 319 g/mol. The van der Waals surface area contributed by atoms with Crippen LogP contribution in [0.25, 0.3) is 10.8 Å². The van der Waals surface area contributed by atoms with Crippen molar-refractivity contribution in [2.24, 2.45) is 0 Å². The van der Waals surface area contributed by atoms with Crippen molar-refractivity contribution in [1.29, 1.82) is 0 Å². The molecule has 1 N–H and O–H groups in total. The third kappa shape index (κ3) is 3.53. The number of nitrogens with one attached hydrogen (secondary N) is 1. The summed E-state index contributed by atoms with van der Waals surface area (Å²) in [5, 5.41) is 6.06. The van der Waals surface area contributed by atoms with Crippen molar-refractivity contribution in [2.45, 2.75) is 33.7 Å². The lowest BCUT2D eigenvalue weighted by molar-refractivity contribution is 0.315. The van der Waals surface area contributed by atoms with Gasteiger partial charge in [0.1, 0.15) is 5.75 Å². The van der Waals surface area contributed by atoms with Crippen LogP contribution in [0.3, 0.4) is 0 Å². The molecule has 0 bridgehead atoms. The van der Waals surface area contributed by atoms with Crippen molar-refractivity contribution in [3.63, 3.8) is 0 Å². The molecule has 0 unspecified atom stereocenters. The maximum Gasteiger partial charge on any atom is 0.124 e. The van der Waals surface area contributed by atoms with Gasteiger partial charge in [-0.15, -0.1) is 0 Å². The van der Waals surface area contributed by atoms with Gasteiger partial charge in [0.2, 0.25) is 0 Å². The number of benzene rings is 3. The van der Waals surface area contributed by atoms with Crippen LogP contribution in [0.5, 0.6) is 5.75 Å². The summed E-state index contributed by atoms with van der Waals surface area (Å²) in [4.78, 5) is 0. The SMILES string of the molecule is CCCOc1ccc2ccccc2c1CNc1ccc(C)c(C)c1. The molecule has 0 aliphatic rings. The van der Waals surface area contributed by atoms with Gasteiger partial charge in [0, 0.05) is 17.8 Å². The molecule has 0 fully saturated rings. The van der Waals surface area contributed by atoms with Gasteiger partial charge in [0.15, 0.2) is 0 Å². The van der Waals surface area contributed by atoms with Gasteiger partial charge in [-0.3, -0.25) is 0 Å². The highest BCUT2D eigenvalue weighted by Crippen LogP contribution is 2.29. The maximum absolute atomic E-state index is 5.99. The first-order valence-corrected chi connectivity index (χ1v) is 8.63. The normalized spacial score (nSPS) is 10.8. The summed E-state index contributed by atoms with van der Waals surface area (Å²) in [5.74, 6) is 0.979. The molecular formula is C22H25NO. The van der Waals surface area contributed by atoms with Crippen LogP contribution >= 0.6 is 0 Å². The quantitative estimate of drug-likeness (QED) is 0.614. The van der Waals surface area contributed by atoms with E-state index < -0.39 is 0 Å². The van der Waals surface area contributed by atoms with Crippen LogP contribution in [0.1, 0.15) is 30.0 Å². The smallest absolute Gasteiger partial charge is 0.124 e. The second kappa shape index (κ2) is 7.39. The maximum atomic E-state index is 5.99. The third-order valence-corrected chi connectivity index (χ3v) is 4.44. The van der Waals surface area contributed by atoms with E-state index in [2.05, 4.69) is 80.7 Å². The molecule has 0 aliphatic carbocycles. The second-order valence-corrected chi connectivity index (χ2v) is 6.26. The fourth-order valence-electron chi connectivity index (χ4n) is 2.89. The molecule has 3 rings (SSSR count). The van der Waals surface area contributed by atoms with E-state index in [0.717, 1.165) is 31.0 Å². The zero-order valence-corrected chi connectivity index (χ0v) is 14.7. The first-order chi connectivity index (χ1) is 11.7. The monoisotopic (exact) mass is 319 g/mol. The van der Waals surface area contributed by atoms with Gasteiger partial charge < -0.3 is 10.1 Å². The second-order valence-electron chi connectivity index (χ2n) is 6.26. The summed E-state index contributed by atoms with van der Waals surface area (Å²) >= 11 is 0. The Bertz CT molecular complexity index is 838. The number of rotatable bonds is 6. The predicted octanol–water partition coefficient (Wildman–Crippen LogP) is 5.86. The minimum absolute atomic E-state index is 0.745. The number of ether oxygens (including phenoxy) is 1. The molecule has 0 aromatic heterocycles. The summed E-state index contributed by atoms with van der Waals surface area (Å²) < 4.78 is 5.99. The first kappa shape index (κ1) is 16.4. The molecule has 2 nitrogen and oxygen atoms in total. The van der Waals surface area contributed by atoms with Crippen LogP contribution in [-0.4, -0.2) is 6.61 Å².